The Hall–Kier alpha value is -2.20. The van der Waals surface area contributed by atoms with Crippen LogP contribution in [0.1, 0.15) is 20.8 Å². The first-order valence-corrected chi connectivity index (χ1v) is 8.17. The van der Waals surface area contributed by atoms with Gasteiger partial charge in [0.1, 0.15) is 18.6 Å². The molecule has 0 saturated carbocycles. The maximum absolute atomic E-state index is 12.1. The molecule has 9 nitrogen and oxygen atoms in total. The van der Waals surface area contributed by atoms with E-state index in [4.69, 9.17) is 14.0 Å². The van der Waals surface area contributed by atoms with Crippen molar-refractivity contribution >= 4 is 28.0 Å². The Balaban J connectivity index is 5.13. The van der Waals surface area contributed by atoms with Crippen molar-refractivity contribution in [1.29, 1.82) is 0 Å². The molecule has 0 radical (unpaired) electrons. The zero-order chi connectivity index (χ0) is 19.1. The number of rotatable bonds is 9. The van der Waals surface area contributed by atoms with E-state index in [-0.39, 0.29) is 11.1 Å². The summed E-state index contributed by atoms with van der Waals surface area (Å²) in [5, 5.41) is 0. The smallest absolute Gasteiger partial charge is 0.333 e. The van der Waals surface area contributed by atoms with Gasteiger partial charge in [-0.25, -0.2) is 9.59 Å². The summed E-state index contributed by atoms with van der Waals surface area (Å²) in [5.41, 5.74) is -1.55. The van der Waals surface area contributed by atoms with Gasteiger partial charge in [0.15, 0.2) is 0 Å². The van der Waals surface area contributed by atoms with Crippen molar-refractivity contribution in [3.63, 3.8) is 0 Å². The van der Waals surface area contributed by atoms with Gasteiger partial charge in [-0.15, -0.1) is 0 Å². The lowest BCUT2D eigenvalue weighted by atomic mass is 9.93. The number of carbonyl (C=O) groups excluding carboxylic acids is 3. The molecule has 0 unspecified atom stereocenters. The minimum absolute atomic E-state index is 0.0718. The lowest BCUT2D eigenvalue weighted by Crippen LogP contribution is -2.41. The number of hydrogen-bond donors (Lipinski definition) is 1. The Labute approximate surface area is 140 Å². The number of esters is 3. The first-order valence-electron chi connectivity index (χ1n) is 6.56. The molecule has 0 aliphatic heterocycles. The second-order valence-corrected chi connectivity index (χ2v) is 6.80. The summed E-state index contributed by atoms with van der Waals surface area (Å²) < 4.78 is 44.1. The summed E-state index contributed by atoms with van der Waals surface area (Å²) in [6.45, 7) is 9.61. The average molecular weight is 364 g/mol. The minimum Gasteiger partial charge on any atom is -0.461 e. The van der Waals surface area contributed by atoms with Crippen molar-refractivity contribution < 1.29 is 41.6 Å². The fraction of sp³-hybridized carbons (Fsp3) is 0.500. The van der Waals surface area contributed by atoms with Crippen LogP contribution in [0.2, 0.25) is 0 Å². The van der Waals surface area contributed by atoms with E-state index in [1.165, 1.54) is 20.8 Å². The zero-order valence-corrected chi connectivity index (χ0v) is 14.5. The largest absolute Gasteiger partial charge is 0.461 e. The fourth-order valence-corrected chi connectivity index (χ4v) is 1.41. The molecule has 136 valence electrons. The van der Waals surface area contributed by atoms with Crippen molar-refractivity contribution in [2.24, 2.45) is 5.41 Å². The molecule has 0 fully saturated rings. The Morgan fingerprint density at radius 3 is 1.62 bits per heavy atom. The second kappa shape index (κ2) is 8.60. The predicted molar refractivity (Wildman–Crippen MR) is 82.2 cm³/mol. The summed E-state index contributed by atoms with van der Waals surface area (Å²) >= 11 is 0. The minimum atomic E-state index is -4.56. The van der Waals surface area contributed by atoms with Gasteiger partial charge in [0.2, 0.25) is 5.94 Å². The molecular weight excluding hydrogens is 344 g/mol. The van der Waals surface area contributed by atoms with Gasteiger partial charge >= 0.3 is 28.0 Å². The van der Waals surface area contributed by atoms with Crippen LogP contribution < -0.4 is 0 Å². The highest BCUT2D eigenvalue weighted by molar-refractivity contribution is 7.85. The van der Waals surface area contributed by atoms with Crippen LogP contribution in [0.15, 0.2) is 24.3 Å². The molecule has 0 bridgehead atoms. The maximum Gasteiger partial charge on any atom is 0.333 e. The molecule has 0 saturated heterocycles. The van der Waals surface area contributed by atoms with Gasteiger partial charge in [-0.1, -0.05) is 13.2 Å². The molecule has 0 spiro atoms. The molecule has 10 heteroatoms. The van der Waals surface area contributed by atoms with E-state index >= 15 is 0 Å². The summed E-state index contributed by atoms with van der Waals surface area (Å²) in [4.78, 5) is 34.9. The third-order valence-corrected chi connectivity index (χ3v) is 2.99. The second-order valence-electron chi connectivity index (χ2n) is 5.41. The van der Waals surface area contributed by atoms with Crippen molar-refractivity contribution in [2.45, 2.75) is 20.8 Å². The molecule has 0 amide bonds. The van der Waals surface area contributed by atoms with E-state index in [0.717, 1.165) is 0 Å². The maximum atomic E-state index is 12.1. The quantitative estimate of drug-likeness (QED) is 0.270. The Bertz CT molecular complexity index is 615. The van der Waals surface area contributed by atoms with Crippen LogP contribution in [-0.4, -0.2) is 50.0 Å². The van der Waals surface area contributed by atoms with Crippen molar-refractivity contribution in [3.05, 3.63) is 24.3 Å². The van der Waals surface area contributed by atoms with Crippen molar-refractivity contribution in [2.75, 3.05) is 19.2 Å². The van der Waals surface area contributed by atoms with E-state index in [0.29, 0.717) is 0 Å². The Kier molecular flexibility index (Phi) is 7.81. The normalized spacial score (nSPS) is 11.3. The highest BCUT2D eigenvalue weighted by Crippen LogP contribution is 2.21. The molecule has 0 rings (SSSR count). The summed E-state index contributed by atoms with van der Waals surface area (Å²) in [5.74, 6) is -4.03. The Morgan fingerprint density at radius 2 is 1.33 bits per heavy atom. The van der Waals surface area contributed by atoms with E-state index in [2.05, 4.69) is 17.9 Å². The van der Waals surface area contributed by atoms with Gasteiger partial charge in [-0.3, -0.25) is 9.35 Å². The van der Waals surface area contributed by atoms with Gasteiger partial charge < -0.3 is 14.2 Å². The van der Waals surface area contributed by atoms with Crippen LogP contribution in [-0.2, 0) is 38.7 Å². The van der Waals surface area contributed by atoms with Gasteiger partial charge in [0.25, 0.3) is 0 Å². The van der Waals surface area contributed by atoms with E-state index in [1.54, 1.807) is 0 Å². The van der Waals surface area contributed by atoms with Crippen LogP contribution in [0.5, 0.6) is 0 Å². The van der Waals surface area contributed by atoms with Gasteiger partial charge in [-0.2, -0.15) is 8.42 Å². The highest BCUT2D eigenvalue weighted by atomic mass is 32.2. The summed E-state index contributed by atoms with van der Waals surface area (Å²) in [6, 6.07) is 0. The first kappa shape index (κ1) is 21.8. The van der Waals surface area contributed by atoms with E-state index in [9.17, 15) is 22.8 Å². The molecule has 0 heterocycles. The third-order valence-electron chi connectivity index (χ3n) is 2.57. The van der Waals surface area contributed by atoms with Crippen molar-refractivity contribution in [1.82, 2.24) is 0 Å². The monoisotopic (exact) mass is 364 g/mol. The molecule has 0 aromatic heterocycles. The topological polar surface area (TPSA) is 133 Å². The van der Waals surface area contributed by atoms with E-state index in [1.807, 2.05) is 0 Å². The summed E-state index contributed by atoms with van der Waals surface area (Å²) in [7, 11) is -4.56. The van der Waals surface area contributed by atoms with Crippen LogP contribution in [0.4, 0.5) is 0 Å². The average Bonchev–Trinajstić information content (AvgIpc) is 2.46. The van der Waals surface area contributed by atoms with Crippen LogP contribution in [0, 0.1) is 5.41 Å². The molecule has 0 aromatic carbocycles. The number of hydrogen-bond acceptors (Lipinski definition) is 8. The molecule has 0 aromatic rings. The number of carbonyl (C=O) groups is 3. The predicted octanol–water partition coefficient (Wildman–Crippen LogP) is 0.620. The SMILES string of the molecule is C=C(C)C(=O)OCC(C)(COC(=O)C(=C)C)C(=O)OCS(=O)(=O)O. The van der Waals surface area contributed by atoms with Crippen molar-refractivity contribution in [3.8, 4) is 0 Å². The highest BCUT2D eigenvalue weighted by Gasteiger charge is 2.39. The summed E-state index contributed by atoms with van der Waals surface area (Å²) in [6.07, 6.45) is 0. The molecular formula is C14H20O9S. The number of ether oxygens (including phenoxy) is 3. The third kappa shape index (κ3) is 7.88. The van der Waals surface area contributed by atoms with Crippen LogP contribution in [0.25, 0.3) is 0 Å². The van der Waals surface area contributed by atoms with Gasteiger partial charge in [-0.05, 0) is 20.8 Å². The first-order chi connectivity index (χ1) is 10.8. The molecule has 24 heavy (non-hydrogen) atoms. The van der Waals surface area contributed by atoms with Gasteiger partial charge in [0, 0.05) is 11.1 Å². The standard InChI is InChI=1S/C14H20O9S/c1-9(2)11(15)21-6-14(5,7-22-12(16)10(3)4)13(17)23-8-24(18,19)20/h1,3,6-8H2,2,4-5H3,(H,18,19,20). The fourth-order valence-electron chi connectivity index (χ4n) is 1.16. The van der Waals surface area contributed by atoms with E-state index < -0.39 is 52.6 Å². The lowest BCUT2D eigenvalue weighted by molar-refractivity contribution is -0.166. The molecule has 1 N–H and O–H groups in total. The molecule has 0 aliphatic carbocycles. The zero-order valence-electron chi connectivity index (χ0n) is 13.7. The Morgan fingerprint density at radius 1 is 0.958 bits per heavy atom. The lowest BCUT2D eigenvalue weighted by Gasteiger charge is -2.26. The van der Waals surface area contributed by atoms with Crippen LogP contribution in [0.3, 0.4) is 0 Å². The van der Waals surface area contributed by atoms with Crippen LogP contribution >= 0.6 is 0 Å². The van der Waals surface area contributed by atoms with Gasteiger partial charge in [0.05, 0.1) is 0 Å². The molecule has 0 aliphatic rings. The molecule has 0 atom stereocenters.